The van der Waals surface area contributed by atoms with E-state index in [9.17, 15) is 0 Å². The summed E-state index contributed by atoms with van der Waals surface area (Å²) < 4.78 is 0.489. The van der Waals surface area contributed by atoms with Crippen LogP contribution in [0.25, 0.3) is 11.1 Å². The van der Waals surface area contributed by atoms with Crippen LogP contribution in [0, 0.1) is 0 Å². The summed E-state index contributed by atoms with van der Waals surface area (Å²) in [5, 5.41) is 0. The summed E-state index contributed by atoms with van der Waals surface area (Å²) >= 11 is 5.38. The summed E-state index contributed by atoms with van der Waals surface area (Å²) in [6.07, 6.45) is 6.00. The lowest BCUT2D eigenvalue weighted by atomic mass is 9.79. The third-order valence-corrected chi connectivity index (χ3v) is 11.1. The van der Waals surface area contributed by atoms with Crippen molar-refractivity contribution in [1.82, 2.24) is 0 Å². The van der Waals surface area contributed by atoms with Crippen molar-refractivity contribution in [3.63, 3.8) is 0 Å². The van der Waals surface area contributed by atoms with Gasteiger partial charge in [-0.3, -0.25) is 0 Å². The van der Waals surface area contributed by atoms with E-state index < -0.39 is 0 Å². The van der Waals surface area contributed by atoms with Gasteiger partial charge < -0.3 is 0 Å². The highest BCUT2D eigenvalue weighted by Crippen LogP contribution is 2.52. The Morgan fingerprint density at radius 2 is 1.14 bits per heavy atom. The van der Waals surface area contributed by atoms with Gasteiger partial charge in [-0.25, -0.2) is 0 Å². The van der Waals surface area contributed by atoms with Crippen molar-refractivity contribution in [1.29, 1.82) is 0 Å². The van der Waals surface area contributed by atoms with Crippen molar-refractivity contribution in [2.24, 2.45) is 0 Å². The van der Waals surface area contributed by atoms with Gasteiger partial charge in [-0.1, -0.05) is 130 Å². The van der Waals surface area contributed by atoms with Gasteiger partial charge in [0.25, 0.3) is 0 Å². The van der Waals surface area contributed by atoms with Gasteiger partial charge in [0.2, 0.25) is 0 Å². The smallest absolute Gasteiger partial charge is 0.0467 e. The Bertz CT molecular complexity index is 861. The van der Waals surface area contributed by atoms with Crippen molar-refractivity contribution in [2.75, 3.05) is 0 Å². The Labute approximate surface area is 199 Å². The molecule has 1 unspecified atom stereocenters. The van der Waals surface area contributed by atoms with Crippen LogP contribution in [0.4, 0.5) is 0 Å². The minimum absolute atomic E-state index is 0.0627. The molecule has 0 spiro atoms. The molecular formula is C26H34I2. The van der Waals surface area contributed by atoms with E-state index in [-0.39, 0.29) is 12.3 Å². The highest BCUT2D eigenvalue weighted by molar-refractivity contribution is 14.1. The zero-order chi connectivity index (χ0) is 20.7. The molecule has 0 aromatic heterocycles. The quantitative estimate of drug-likeness (QED) is 0.220. The number of fused-ring (bicyclic) bond motifs is 3. The molecule has 0 saturated carbocycles. The summed E-state index contributed by atoms with van der Waals surface area (Å²) in [7, 11) is 0. The molecule has 2 heteroatoms. The molecule has 1 aliphatic rings. The van der Waals surface area contributed by atoms with Gasteiger partial charge in [0.15, 0.2) is 0 Å². The van der Waals surface area contributed by atoms with Crippen LogP contribution in [0.5, 0.6) is 0 Å². The summed E-state index contributed by atoms with van der Waals surface area (Å²) in [6, 6.07) is 14.6. The summed E-state index contributed by atoms with van der Waals surface area (Å²) in [6.45, 7) is 14.1. The molecule has 0 heterocycles. The number of hydrogen-bond acceptors (Lipinski definition) is 0. The fourth-order valence-electron chi connectivity index (χ4n) is 4.87. The van der Waals surface area contributed by atoms with Gasteiger partial charge >= 0.3 is 0 Å². The van der Waals surface area contributed by atoms with Crippen LogP contribution in [0.2, 0.25) is 0 Å². The molecule has 0 radical (unpaired) electrons. The van der Waals surface area contributed by atoms with Gasteiger partial charge in [-0.15, -0.1) is 0 Å². The van der Waals surface area contributed by atoms with E-state index in [1.165, 1.54) is 65.5 Å². The average molecular weight is 600 g/mol. The van der Waals surface area contributed by atoms with Gasteiger partial charge in [-0.2, -0.15) is 0 Å². The number of rotatable bonds is 7. The second-order valence-electron chi connectivity index (χ2n) is 8.89. The Hall–Kier alpha value is -0.100. The van der Waals surface area contributed by atoms with Crippen LogP contribution < -0.4 is 0 Å². The fourth-order valence-corrected chi connectivity index (χ4v) is 6.09. The molecule has 0 nitrogen and oxygen atoms in total. The molecule has 1 aliphatic carbocycles. The summed E-state index contributed by atoms with van der Waals surface area (Å²) in [5.74, 6) is 0. The van der Waals surface area contributed by atoms with Gasteiger partial charge in [0.1, 0.15) is 0 Å². The molecule has 0 saturated heterocycles. The van der Waals surface area contributed by atoms with E-state index in [0.717, 1.165) is 0 Å². The molecule has 0 aliphatic heterocycles. The third kappa shape index (κ3) is 3.59. The molecule has 2 aromatic rings. The van der Waals surface area contributed by atoms with Crippen LogP contribution in [0.3, 0.4) is 0 Å². The predicted octanol–water partition coefficient (Wildman–Crippen LogP) is 9.28. The molecule has 0 N–H and O–H groups in total. The zero-order valence-corrected chi connectivity index (χ0v) is 22.6. The highest BCUT2D eigenvalue weighted by Gasteiger charge is 2.38. The Kier molecular flexibility index (Phi) is 6.62. The van der Waals surface area contributed by atoms with Crippen molar-refractivity contribution >= 4 is 45.2 Å². The third-order valence-electron chi connectivity index (χ3n) is 7.04. The minimum atomic E-state index is 0.0627. The fraction of sp³-hybridized carbons (Fsp3) is 0.538. The molecule has 3 rings (SSSR count). The first-order chi connectivity index (χ1) is 13.2. The SMILES string of the molecule is CCCC(I)(CC)c1ccc2c(c1)C(C)(C)c1cc(C(I)(CC)CC)ccc1-2. The summed E-state index contributed by atoms with van der Waals surface area (Å²) in [5.41, 5.74) is 8.94. The van der Waals surface area contributed by atoms with Crippen molar-refractivity contribution < 1.29 is 0 Å². The molecular weight excluding hydrogens is 566 g/mol. The molecule has 1 atom stereocenters. The topological polar surface area (TPSA) is 0 Å². The minimum Gasteiger partial charge on any atom is -0.0737 e. The van der Waals surface area contributed by atoms with Crippen LogP contribution in [-0.4, -0.2) is 0 Å². The predicted molar refractivity (Wildman–Crippen MR) is 141 cm³/mol. The number of halogens is 2. The van der Waals surface area contributed by atoms with Gasteiger partial charge in [-0.05, 0) is 59.1 Å². The van der Waals surface area contributed by atoms with Crippen molar-refractivity contribution in [2.45, 2.75) is 85.9 Å². The number of alkyl halides is 2. The maximum atomic E-state index is 2.71. The van der Waals surface area contributed by atoms with E-state index in [1.807, 2.05) is 0 Å². The zero-order valence-electron chi connectivity index (χ0n) is 18.3. The van der Waals surface area contributed by atoms with E-state index >= 15 is 0 Å². The second kappa shape index (κ2) is 8.20. The van der Waals surface area contributed by atoms with Crippen LogP contribution >= 0.6 is 45.2 Å². The van der Waals surface area contributed by atoms with Crippen LogP contribution in [0.1, 0.15) is 95.9 Å². The Morgan fingerprint density at radius 3 is 1.54 bits per heavy atom. The first kappa shape index (κ1) is 22.6. The standard InChI is InChI=1S/C26H34I2/c1-7-15-26(28,10-4)19-12-14-21-20-13-11-18(25(27,8-2)9-3)16-22(20)24(5,6)23(21)17-19/h11-14,16-17H,7-10,15H2,1-6H3. The molecule has 2 aromatic carbocycles. The van der Waals surface area contributed by atoms with E-state index in [0.29, 0.717) is 0 Å². The van der Waals surface area contributed by atoms with E-state index in [4.69, 9.17) is 0 Å². The van der Waals surface area contributed by atoms with Gasteiger partial charge in [0, 0.05) is 12.3 Å². The molecule has 152 valence electrons. The lowest BCUT2D eigenvalue weighted by Crippen LogP contribution is -2.20. The lowest BCUT2D eigenvalue weighted by Gasteiger charge is -2.30. The summed E-state index contributed by atoms with van der Waals surface area (Å²) in [4.78, 5) is 0. The maximum absolute atomic E-state index is 2.71. The molecule has 28 heavy (non-hydrogen) atoms. The number of hydrogen-bond donors (Lipinski definition) is 0. The Balaban J connectivity index is 2.13. The monoisotopic (exact) mass is 600 g/mol. The van der Waals surface area contributed by atoms with Crippen molar-refractivity contribution in [3.8, 4) is 11.1 Å². The number of benzene rings is 2. The Morgan fingerprint density at radius 1 is 0.714 bits per heavy atom. The first-order valence-electron chi connectivity index (χ1n) is 10.8. The first-order valence-corrected chi connectivity index (χ1v) is 13.0. The molecule has 0 bridgehead atoms. The van der Waals surface area contributed by atoms with Gasteiger partial charge in [0.05, 0.1) is 0 Å². The molecule has 0 fully saturated rings. The van der Waals surface area contributed by atoms with Crippen molar-refractivity contribution in [3.05, 3.63) is 58.7 Å². The van der Waals surface area contributed by atoms with E-state index in [2.05, 4.69) is 123 Å². The lowest BCUT2D eigenvalue weighted by molar-refractivity contribution is 0.566. The molecule has 0 amide bonds. The van der Waals surface area contributed by atoms with Crippen LogP contribution in [0.15, 0.2) is 36.4 Å². The average Bonchev–Trinajstić information content (AvgIpc) is 2.94. The van der Waals surface area contributed by atoms with E-state index in [1.54, 1.807) is 0 Å². The normalized spacial score (nSPS) is 17.1. The van der Waals surface area contributed by atoms with Crippen LogP contribution in [-0.2, 0) is 12.3 Å². The largest absolute Gasteiger partial charge is 0.0737 e. The maximum Gasteiger partial charge on any atom is 0.0467 e. The second-order valence-corrected chi connectivity index (χ2v) is 13.0. The highest BCUT2D eigenvalue weighted by atomic mass is 127.